The van der Waals surface area contributed by atoms with Gasteiger partial charge in [0.1, 0.15) is 12.2 Å². The molecule has 0 saturated carbocycles. The Bertz CT molecular complexity index is 683. The first kappa shape index (κ1) is 17.6. The summed E-state index contributed by atoms with van der Waals surface area (Å²) in [4.78, 5) is 26.5. The molecule has 1 atom stereocenters. The first-order chi connectivity index (χ1) is 11.3. The van der Waals surface area contributed by atoms with E-state index < -0.39 is 23.5 Å². The maximum Gasteiger partial charge on any atom is 0.325 e. The number of ether oxygens (including phenoxy) is 2. The summed E-state index contributed by atoms with van der Waals surface area (Å²) in [7, 11) is 0. The Morgan fingerprint density at radius 3 is 2.33 bits per heavy atom. The summed E-state index contributed by atoms with van der Waals surface area (Å²) >= 11 is 0. The lowest BCUT2D eigenvalue weighted by molar-refractivity contribution is -0.162. The normalized spacial score (nSPS) is 12.5. The van der Waals surface area contributed by atoms with Gasteiger partial charge in [0.15, 0.2) is 11.8 Å². The van der Waals surface area contributed by atoms with Crippen molar-refractivity contribution in [3.8, 4) is 5.88 Å². The van der Waals surface area contributed by atoms with Crippen LogP contribution in [0.25, 0.3) is 0 Å². The van der Waals surface area contributed by atoms with E-state index >= 15 is 0 Å². The highest BCUT2D eigenvalue weighted by Crippen LogP contribution is 2.22. The van der Waals surface area contributed by atoms with Crippen LogP contribution in [0.5, 0.6) is 5.88 Å². The van der Waals surface area contributed by atoms with Gasteiger partial charge in [0.2, 0.25) is 0 Å². The van der Waals surface area contributed by atoms with Crippen LogP contribution in [0.15, 0.2) is 42.6 Å². The summed E-state index contributed by atoms with van der Waals surface area (Å²) in [6.45, 7) is 5.44. The number of carboxylic acid groups (broad SMARTS) is 1. The molecule has 0 bridgehead atoms. The number of rotatable bonds is 6. The Balaban J connectivity index is 2.08. The van der Waals surface area contributed by atoms with E-state index in [-0.39, 0.29) is 0 Å². The van der Waals surface area contributed by atoms with Crippen molar-refractivity contribution >= 4 is 11.9 Å². The zero-order valence-electron chi connectivity index (χ0n) is 13.9. The van der Waals surface area contributed by atoms with Crippen LogP contribution in [0.1, 0.15) is 37.8 Å². The second kappa shape index (κ2) is 7.21. The average molecular weight is 331 g/mol. The van der Waals surface area contributed by atoms with Crippen LogP contribution in [0.3, 0.4) is 0 Å². The van der Waals surface area contributed by atoms with E-state index in [0.717, 1.165) is 5.56 Å². The van der Waals surface area contributed by atoms with Crippen molar-refractivity contribution in [1.29, 1.82) is 0 Å². The number of H-pyrrole nitrogens is 1. The first-order valence-corrected chi connectivity index (χ1v) is 7.57. The molecule has 0 aliphatic carbocycles. The average Bonchev–Trinajstić information content (AvgIpc) is 2.97. The Kier molecular flexibility index (Phi) is 5.28. The molecule has 2 rings (SSSR count). The molecule has 1 unspecified atom stereocenters. The Hall–Kier alpha value is -2.76. The van der Waals surface area contributed by atoms with Crippen LogP contribution in [-0.2, 0) is 20.9 Å². The SMILES string of the molecule is CC(C)(C)OC(=O)C(C(=O)O)c1ccc(COc2ccc[nH]2)cc1. The minimum absolute atomic E-state index is 0.338. The van der Waals surface area contributed by atoms with E-state index in [2.05, 4.69) is 4.98 Å². The number of esters is 1. The lowest BCUT2D eigenvalue weighted by atomic mass is 9.98. The highest BCUT2D eigenvalue weighted by molar-refractivity contribution is 6.00. The number of hydrogen-bond donors (Lipinski definition) is 2. The molecule has 1 heterocycles. The maximum absolute atomic E-state index is 12.1. The number of aliphatic carboxylic acids is 1. The van der Waals surface area contributed by atoms with Gasteiger partial charge in [-0.1, -0.05) is 24.3 Å². The smallest absolute Gasteiger partial charge is 0.325 e. The van der Waals surface area contributed by atoms with Gasteiger partial charge in [-0.15, -0.1) is 0 Å². The summed E-state index contributed by atoms with van der Waals surface area (Å²) in [6.07, 6.45) is 1.76. The number of benzene rings is 1. The van der Waals surface area contributed by atoms with E-state index in [0.29, 0.717) is 18.1 Å². The Labute approximate surface area is 140 Å². The van der Waals surface area contributed by atoms with Crippen LogP contribution in [0.4, 0.5) is 0 Å². The lowest BCUT2D eigenvalue weighted by Gasteiger charge is -2.22. The van der Waals surface area contributed by atoms with Crippen LogP contribution < -0.4 is 4.74 Å². The fourth-order valence-corrected chi connectivity index (χ4v) is 2.11. The summed E-state index contributed by atoms with van der Waals surface area (Å²) in [6, 6.07) is 10.3. The molecule has 0 fully saturated rings. The zero-order chi connectivity index (χ0) is 17.7. The molecule has 6 heteroatoms. The standard InChI is InChI=1S/C18H21NO5/c1-18(2,3)24-17(22)15(16(20)21)13-8-6-12(7-9-13)11-23-14-5-4-10-19-14/h4-10,15,19H,11H2,1-3H3,(H,20,21). The molecule has 0 spiro atoms. The van der Waals surface area contributed by atoms with Crippen LogP contribution >= 0.6 is 0 Å². The number of carbonyl (C=O) groups excluding carboxylic acids is 1. The van der Waals surface area contributed by atoms with Crippen molar-refractivity contribution in [2.75, 3.05) is 0 Å². The monoisotopic (exact) mass is 331 g/mol. The number of carboxylic acids is 1. The largest absolute Gasteiger partial charge is 0.480 e. The van der Waals surface area contributed by atoms with Gasteiger partial charge in [-0.3, -0.25) is 9.59 Å². The number of nitrogens with one attached hydrogen (secondary N) is 1. The molecule has 0 amide bonds. The van der Waals surface area contributed by atoms with E-state index in [1.54, 1.807) is 57.3 Å². The van der Waals surface area contributed by atoms with Crippen molar-refractivity contribution in [2.24, 2.45) is 0 Å². The molecule has 0 aliphatic rings. The van der Waals surface area contributed by atoms with Crippen molar-refractivity contribution in [2.45, 2.75) is 38.9 Å². The summed E-state index contributed by atoms with van der Waals surface area (Å²) in [5.41, 5.74) is 0.497. The second-order valence-electron chi connectivity index (χ2n) is 6.37. The van der Waals surface area contributed by atoms with Gasteiger partial charge in [-0.05, 0) is 44.0 Å². The van der Waals surface area contributed by atoms with E-state index in [4.69, 9.17) is 9.47 Å². The van der Waals surface area contributed by atoms with Gasteiger partial charge >= 0.3 is 11.9 Å². The van der Waals surface area contributed by atoms with Crippen molar-refractivity contribution < 1.29 is 24.2 Å². The predicted octanol–water partition coefficient (Wildman–Crippen LogP) is 3.10. The molecule has 2 N–H and O–H groups in total. The summed E-state index contributed by atoms with van der Waals surface area (Å²) in [5.74, 6) is -2.70. The molecule has 24 heavy (non-hydrogen) atoms. The van der Waals surface area contributed by atoms with Crippen LogP contribution in [-0.4, -0.2) is 27.6 Å². The van der Waals surface area contributed by atoms with E-state index in [9.17, 15) is 14.7 Å². The van der Waals surface area contributed by atoms with Crippen LogP contribution in [0.2, 0.25) is 0 Å². The minimum Gasteiger partial charge on any atom is -0.480 e. The summed E-state index contributed by atoms with van der Waals surface area (Å²) in [5, 5.41) is 9.36. The third kappa shape index (κ3) is 4.87. The maximum atomic E-state index is 12.1. The quantitative estimate of drug-likeness (QED) is 0.627. The molecule has 0 aliphatic heterocycles. The lowest BCUT2D eigenvalue weighted by Crippen LogP contribution is -2.31. The number of carbonyl (C=O) groups is 2. The van der Waals surface area contributed by atoms with Crippen LogP contribution in [0, 0.1) is 0 Å². The number of hydrogen-bond acceptors (Lipinski definition) is 4. The molecule has 2 aromatic rings. The Morgan fingerprint density at radius 1 is 1.17 bits per heavy atom. The molecule has 128 valence electrons. The third-order valence-electron chi connectivity index (χ3n) is 3.17. The number of aromatic amines is 1. The Morgan fingerprint density at radius 2 is 1.83 bits per heavy atom. The van der Waals surface area contributed by atoms with Crippen molar-refractivity contribution in [3.63, 3.8) is 0 Å². The third-order valence-corrected chi connectivity index (χ3v) is 3.17. The second-order valence-corrected chi connectivity index (χ2v) is 6.37. The van der Waals surface area contributed by atoms with E-state index in [1.165, 1.54) is 0 Å². The highest BCUT2D eigenvalue weighted by atomic mass is 16.6. The van der Waals surface area contributed by atoms with Gasteiger partial charge < -0.3 is 19.6 Å². The van der Waals surface area contributed by atoms with Gasteiger partial charge in [-0.25, -0.2) is 0 Å². The molecule has 0 radical (unpaired) electrons. The van der Waals surface area contributed by atoms with E-state index in [1.807, 2.05) is 6.07 Å². The number of aromatic nitrogens is 1. The van der Waals surface area contributed by atoms with Gasteiger partial charge in [0, 0.05) is 6.20 Å². The molecular weight excluding hydrogens is 310 g/mol. The molecule has 0 saturated heterocycles. The molecular formula is C18H21NO5. The van der Waals surface area contributed by atoms with Gasteiger partial charge in [0.25, 0.3) is 0 Å². The summed E-state index contributed by atoms with van der Waals surface area (Å²) < 4.78 is 10.7. The highest BCUT2D eigenvalue weighted by Gasteiger charge is 2.32. The van der Waals surface area contributed by atoms with Crippen molar-refractivity contribution in [1.82, 2.24) is 4.98 Å². The fraction of sp³-hybridized carbons (Fsp3) is 0.333. The van der Waals surface area contributed by atoms with Gasteiger partial charge in [-0.2, -0.15) is 0 Å². The van der Waals surface area contributed by atoms with Crippen molar-refractivity contribution in [3.05, 3.63) is 53.7 Å². The minimum atomic E-state index is -1.34. The first-order valence-electron chi connectivity index (χ1n) is 7.57. The molecule has 1 aromatic carbocycles. The van der Waals surface area contributed by atoms with Gasteiger partial charge in [0.05, 0.1) is 0 Å². The molecule has 1 aromatic heterocycles. The zero-order valence-corrected chi connectivity index (χ0v) is 13.9. The fourth-order valence-electron chi connectivity index (χ4n) is 2.11. The predicted molar refractivity (Wildman–Crippen MR) is 87.8 cm³/mol. The topological polar surface area (TPSA) is 88.6 Å². The molecule has 6 nitrogen and oxygen atoms in total.